The van der Waals surface area contributed by atoms with Crippen molar-refractivity contribution in [1.29, 1.82) is 0 Å². The van der Waals surface area contributed by atoms with Crippen LogP contribution in [0.15, 0.2) is 24.3 Å². The van der Waals surface area contributed by atoms with E-state index in [-0.39, 0.29) is 18.1 Å². The van der Waals surface area contributed by atoms with Crippen molar-refractivity contribution in [3.8, 4) is 0 Å². The molecule has 0 aromatic heterocycles. The average Bonchev–Trinajstić information content (AvgIpc) is 2.56. The Kier molecular flexibility index (Phi) is 7.41. The van der Waals surface area contributed by atoms with Gasteiger partial charge in [0.2, 0.25) is 5.91 Å². The topological polar surface area (TPSA) is 55.8 Å². The summed E-state index contributed by atoms with van der Waals surface area (Å²) in [6, 6.07) is 8.61. The van der Waals surface area contributed by atoms with Crippen molar-refractivity contribution < 1.29 is 9.90 Å². The number of aryl methyl sites for hydroxylation is 1. The molecule has 1 aliphatic heterocycles. The molecular weight excluding hydrogens is 314 g/mol. The van der Waals surface area contributed by atoms with Gasteiger partial charge in [0.15, 0.2) is 0 Å². The van der Waals surface area contributed by atoms with Crippen LogP contribution in [0.3, 0.4) is 0 Å². The Labute approximate surface area is 152 Å². The van der Waals surface area contributed by atoms with Gasteiger partial charge in [0, 0.05) is 32.2 Å². The van der Waals surface area contributed by atoms with Crippen LogP contribution in [0.5, 0.6) is 0 Å². The molecule has 25 heavy (non-hydrogen) atoms. The van der Waals surface area contributed by atoms with Crippen LogP contribution in [0.1, 0.15) is 44.4 Å². The second kappa shape index (κ2) is 9.32. The predicted molar refractivity (Wildman–Crippen MR) is 102 cm³/mol. The lowest BCUT2D eigenvalue weighted by molar-refractivity contribution is -0.123. The summed E-state index contributed by atoms with van der Waals surface area (Å²) in [6.07, 6.45) is 0.726. The maximum absolute atomic E-state index is 12.5. The Bertz CT molecular complexity index is 562. The van der Waals surface area contributed by atoms with Crippen molar-refractivity contribution in [1.82, 2.24) is 15.1 Å². The summed E-state index contributed by atoms with van der Waals surface area (Å²) in [5, 5.41) is 12.8. The molecule has 5 heteroatoms. The van der Waals surface area contributed by atoms with E-state index in [4.69, 9.17) is 0 Å². The molecule has 0 unspecified atom stereocenters. The lowest BCUT2D eigenvalue weighted by Gasteiger charge is -2.41. The maximum atomic E-state index is 12.5. The van der Waals surface area contributed by atoms with Gasteiger partial charge >= 0.3 is 0 Å². The average molecular weight is 348 g/mol. The molecule has 0 aliphatic carbocycles. The highest BCUT2D eigenvalue weighted by atomic mass is 16.3. The van der Waals surface area contributed by atoms with Crippen LogP contribution in [0, 0.1) is 6.92 Å². The standard InChI is InChI=1S/C20H33N3O2/c1-5-18-13-22(10-11-23(18)12-16(3)24)14-20(25)21-17(4)19-9-7-6-8-15(19)2/h6-9,16-18,24H,5,10-14H2,1-4H3,(H,21,25)/t16-,17+,18-/m1/s1. The van der Waals surface area contributed by atoms with Gasteiger partial charge in [-0.25, -0.2) is 0 Å². The number of aliphatic hydroxyl groups is 1. The van der Waals surface area contributed by atoms with E-state index in [9.17, 15) is 9.90 Å². The smallest absolute Gasteiger partial charge is 0.234 e. The summed E-state index contributed by atoms with van der Waals surface area (Å²) in [6.45, 7) is 11.9. The minimum atomic E-state index is -0.307. The fraction of sp³-hybridized carbons (Fsp3) is 0.650. The van der Waals surface area contributed by atoms with Crippen molar-refractivity contribution >= 4 is 5.91 Å². The van der Waals surface area contributed by atoms with Gasteiger partial charge < -0.3 is 10.4 Å². The Balaban J connectivity index is 1.85. The molecule has 0 spiro atoms. The number of hydrogen-bond donors (Lipinski definition) is 2. The Morgan fingerprint density at radius 1 is 1.32 bits per heavy atom. The summed E-state index contributed by atoms with van der Waals surface area (Å²) in [7, 11) is 0. The molecule has 2 rings (SSSR count). The third-order valence-corrected chi connectivity index (χ3v) is 5.06. The Morgan fingerprint density at radius 2 is 2.04 bits per heavy atom. The van der Waals surface area contributed by atoms with Crippen molar-refractivity contribution in [3.05, 3.63) is 35.4 Å². The van der Waals surface area contributed by atoms with E-state index < -0.39 is 0 Å². The molecule has 1 aromatic carbocycles. The van der Waals surface area contributed by atoms with Gasteiger partial charge in [-0.1, -0.05) is 31.2 Å². The van der Waals surface area contributed by atoms with E-state index in [0.717, 1.165) is 26.1 Å². The Hall–Kier alpha value is -1.43. The van der Waals surface area contributed by atoms with Crippen LogP contribution >= 0.6 is 0 Å². The molecule has 0 bridgehead atoms. The van der Waals surface area contributed by atoms with Crippen LogP contribution in [0.2, 0.25) is 0 Å². The highest BCUT2D eigenvalue weighted by molar-refractivity contribution is 5.78. The number of hydrogen-bond acceptors (Lipinski definition) is 4. The highest BCUT2D eigenvalue weighted by Crippen LogP contribution is 2.17. The largest absolute Gasteiger partial charge is 0.392 e. The van der Waals surface area contributed by atoms with Crippen molar-refractivity contribution in [2.45, 2.75) is 52.3 Å². The maximum Gasteiger partial charge on any atom is 0.234 e. The molecular formula is C20H33N3O2. The van der Waals surface area contributed by atoms with E-state index in [0.29, 0.717) is 19.1 Å². The Morgan fingerprint density at radius 3 is 2.68 bits per heavy atom. The normalized spacial score (nSPS) is 21.7. The van der Waals surface area contributed by atoms with Crippen LogP contribution in [0.4, 0.5) is 0 Å². The first-order valence-electron chi connectivity index (χ1n) is 9.40. The zero-order chi connectivity index (χ0) is 18.4. The molecule has 1 aliphatic rings. The summed E-state index contributed by atoms with van der Waals surface area (Å²) >= 11 is 0. The number of piperazine rings is 1. The first-order valence-corrected chi connectivity index (χ1v) is 9.40. The second-order valence-corrected chi connectivity index (χ2v) is 7.29. The fourth-order valence-corrected chi connectivity index (χ4v) is 3.71. The molecule has 3 atom stereocenters. The van der Waals surface area contributed by atoms with E-state index in [1.54, 1.807) is 0 Å². The zero-order valence-electron chi connectivity index (χ0n) is 16.0. The molecule has 1 amide bonds. The zero-order valence-corrected chi connectivity index (χ0v) is 16.0. The number of benzene rings is 1. The van der Waals surface area contributed by atoms with Gasteiger partial charge in [-0.3, -0.25) is 14.6 Å². The number of nitrogens with one attached hydrogen (secondary N) is 1. The summed E-state index contributed by atoms with van der Waals surface area (Å²) in [4.78, 5) is 17.0. The molecule has 1 saturated heterocycles. The SMILES string of the molecule is CC[C@@H]1CN(CC(=O)N[C@@H](C)c2ccccc2C)CCN1C[C@@H](C)O. The lowest BCUT2D eigenvalue weighted by Crippen LogP contribution is -2.56. The van der Waals surface area contributed by atoms with Crippen LogP contribution < -0.4 is 5.32 Å². The monoisotopic (exact) mass is 347 g/mol. The number of nitrogens with zero attached hydrogens (tertiary/aromatic N) is 2. The second-order valence-electron chi connectivity index (χ2n) is 7.29. The van der Waals surface area contributed by atoms with E-state index >= 15 is 0 Å². The number of β-amino-alcohol motifs (C(OH)–C–C–N with tert-alkyl or cyclic N) is 1. The number of rotatable bonds is 7. The lowest BCUT2D eigenvalue weighted by atomic mass is 10.0. The minimum absolute atomic E-state index is 0.0206. The van der Waals surface area contributed by atoms with Gasteiger partial charge in [-0.05, 0) is 38.3 Å². The van der Waals surface area contributed by atoms with Gasteiger partial charge in [0.05, 0.1) is 18.7 Å². The van der Waals surface area contributed by atoms with E-state index in [1.807, 2.05) is 26.0 Å². The number of aliphatic hydroxyl groups excluding tert-OH is 1. The van der Waals surface area contributed by atoms with Crippen LogP contribution in [0.25, 0.3) is 0 Å². The molecule has 2 N–H and O–H groups in total. The summed E-state index contributed by atoms with van der Waals surface area (Å²) in [5.74, 6) is 0.0783. The van der Waals surface area contributed by atoms with Gasteiger partial charge in [-0.15, -0.1) is 0 Å². The quantitative estimate of drug-likeness (QED) is 0.792. The number of carbonyl (C=O) groups is 1. The summed E-state index contributed by atoms with van der Waals surface area (Å²) < 4.78 is 0. The highest BCUT2D eigenvalue weighted by Gasteiger charge is 2.27. The van der Waals surface area contributed by atoms with Crippen molar-refractivity contribution in [2.75, 3.05) is 32.7 Å². The molecule has 5 nitrogen and oxygen atoms in total. The summed E-state index contributed by atoms with van der Waals surface area (Å²) in [5.41, 5.74) is 2.37. The van der Waals surface area contributed by atoms with Crippen LogP contribution in [-0.2, 0) is 4.79 Å². The molecule has 1 fully saturated rings. The van der Waals surface area contributed by atoms with E-state index in [2.05, 4.69) is 41.1 Å². The third-order valence-electron chi connectivity index (χ3n) is 5.06. The predicted octanol–water partition coefficient (Wildman–Crippen LogP) is 1.95. The molecule has 140 valence electrons. The molecule has 0 radical (unpaired) electrons. The van der Waals surface area contributed by atoms with Crippen LogP contribution in [-0.4, -0.2) is 65.7 Å². The molecule has 1 heterocycles. The number of amides is 1. The third kappa shape index (κ3) is 5.80. The first-order chi connectivity index (χ1) is 11.9. The van der Waals surface area contributed by atoms with Crippen molar-refractivity contribution in [3.63, 3.8) is 0 Å². The fourth-order valence-electron chi connectivity index (χ4n) is 3.71. The van der Waals surface area contributed by atoms with Crippen molar-refractivity contribution in [2.24, 2.45) is 0 Å². The van der Waals surface area contributed by atoms with Gasteiger partial charge in [-0.2, -0.15) is 0 Å². The van der Waals surface area contributed by atoms with Gasteiger partial charge in [0.1, 0.15) is 0 Å². The molecule has 0 saturated carbocycles. The minimum Gasteiger partial charge on any atom is -0.392 e. The van der Waals surface area contributed by atoms with Gasteiger partial charge in [0.25, 0.3) is 0 Å². The molecule has 1 aromatic rings. The van der Waals surface area contributed by atoms with E-state index in [1.165, 1.54) is 11.1 Å². The first kappa shape index (κ1) is 19.9. The number of carbonyl (C=O) groups excluding carboxylic acids is 1.